The van der Waals surface area contributed by atoms with E-state index in [1.807, 2.05) is 6.07 Å². The second-order valence-electron chi connectivity index (χ2n) is 19.3. The molecule has 0 amide bonds. The molecule has 1 heterocycles. The minimum Gasteiger partial charge on any atom is -0.455 e. The Labute approximate surface area is 377 Å². The summed E-state index contributed by atoms with van der Waals surface area (Å²) in [5.74, 6) is 0. The number of benzene rings is 9. The number of nitrogens with zero attached hydrogens (tertiary/aromatic N) is 1. The first-order valence-corrected chi connectivity index (χ1v) is 26.1. The minimum absolute atomic E-state index is 0.154. The molecule has 0 fully saturated rings. The highest BCUT2D eigenvalue weighted by Gasteiger charge is 2.47. The molecule has 9 aromatic carbocycles. The van der Waals surface area contributed by atoms with Gasteiger partial charge in [-0.25, -0.2) is 0 Å². The molecule has 64 heavy (non-hydrogen) atoms. The highest BCUT2D eigenvalue weighted by molar-refractivity contribution is 6.88. The van der Waals surface area contributed by atoms with Gasteiger partial charge in [0, 0.05) is 38.7 Å². The van der Waals surface area contributed by atoms with E-state index in [1.165, 1.54) is 60.8 Å². The third-order valence-electron chi connectivity index (χ3n) is 14.3. The van der Waals surface area contributed by atoms with E-state index in [1.54, 1.807) is 0 Å². The van der Waals surface area contributed by atoms with Crippen LogP contribution in [0.15, 0.2) is 211 Å². The number of para-hydroxylation sites is 2. The number of fused-ring (bicyclic) bond motifs is 9. The maximum Gasteiger partial charge on any atom is 0.143 e. The fraction of sp³-hybridized carbons (Fsp3) is 0.115. The predicted molar refractivity (Wildman–Crippen MR) is 272 cm³/mol. The van der Waals surface area contributed by atoms with Gasteiger partial charge in [-0.15, -0.1) is 0 Å². The Morgan fingerprint density at radius 1 is 0.438 bits per heavy atom. The second kappa shape index (κ2) is 14.2. The summed E-state index contributed by atoms with van der Waals surface area (Å²) in [7, 11) is -1.54. The molecule has 2 aliphatic rings. The molecule has 0 bridgehead atoms. The Hall–Kier alpha value is -7.20. The van der Waals surface area contributed by atoms with Gasteiger partial charge in [0.15, 0.2) is 0 Å². The van der Waals surface area contributed by atoms with Crippen molar-refractivity contribution in [2.75, 3.05) is 4.90 Å². The fourth-order valence-corrected chi connectivity index (χ4v) is 12.4. The monoisotopic (exact) mass is 839 g/mol. The summed E-state index contributed by atoms with van der Waals surface area (Å²) in [5, 5.41) is 3.74. The second-order valence-corrected chi connectivity index (χ2v) is 24.3. The standard InChI is InChI=1S/C61H49NOSi/c1-60(2)52-24-12-9-19-47(52)48-38-35-44(39-55(48)60)62(43-33-29-40(30-34-43)46-22-15-23-50-49-20-11-14-28-57(49)63-59(46)50)56-27-16-26-54-58(56)51-21-10-13-25-53(51)61(54,41-17-7-6-8-18-41)42-31-36-45(37-32-42)64(3,4)5/h6-39H,1-5H3. The van der Waals surface area contributed by atoms with Gasteiger partial charge in [0.1, 0.15) is 11.2 Å². The Balaban J connectivity index is 1.10. The van der Waals surface area contributed by atoms with Gasteiger partial charge < -0.3 is 9.32 Å². The van der Waals surface area contributed by atoms with E-state index < -0.39 is 13.5 Å². The van der Waals surface area contributed by atoms with E-state index in [0.29, 0.717) is 0 Å². The van der Waals surface area contributed by atoms with E-state index in [4.69, 9.17) is 4.42 Å². The molecule has 12 rings (SSSR count). The predicted octanol–water partition coefficient (Wildman–Crippen LogP) is 15.9. The zero-order chi connectivity index (χ0) is 43.4. The molecule has 2 aliphatic carbocycles. The van der Waals surface area contributed by atoms with E-state index in [0.717, 1.165) is 50.1 Å². The Kier molecular flexibility index (Phi) is 8.51. The SMILES string of the molecule is CC1(C)c2ccccc2-c2ccc(N(c3ccc(-c4cccc5c4oc4ccccc45)cc3)c3cccc4c3-c3ccccc3C4(c3ccccc3)c3ccc([Si](C)(C)C)cc3)cc21. The molecule has 308 valence electrons. The van der Waals surface area contributed by atoms with Crippen LogP contribution in [0.3, 0.4) is 0 Å². The van der Waals surface area contributed by atoms with Crippen LogP contribution in [0.5, 0.6) is 0 Å². The van der Waals surface area contributed by atoms with E-state index >= 15 is 0 Å². The number of rotatable bonds is 7. The summed E-state index contributed by atoms with van der Waals surface area (Å²) < 4.78 is 6.53. The molecule has 2 nitrogen and oxygen atoms in total. The molecule has 1 aromatic heterocycles. The van der Waals surface area contributed by atoms with Gasteiger partial charge in [0.05, 0.1) is 19.2 Å². The molecular formula is C61H49NOSi. The zero-order valence-electron chi connectivity index (χ0n) is 37.0. The van der Waals surface area contributed by atoms with Gasteiger partial charge in [0.2, 0.25) is 0 Å². The highest BCUT2D eigenvalue weighted by atomic mass is 28.3. The summed E-state index contributed by atoms with van der Waals surface area (Å²) in [4.78, 5) is 2.51. The summed E-state index contributed by atoms with van der Waals surface area (Å²) in [6.07, 6.45) is 0. The largest absolute Gasteiger partial charge is 0.455 e. The minimum atomic E-state index is -1.54. The lowest BCUT2D eigenvalue weighted by atomic mass is 9.67. The molecule has 0 radical (unpaired) electrons. The van der Waals surface area contributed by atoms with Crippen molar-refractivity contribution in [3.05, 3.63) is 240 Å². The van der Waals surface area contributed by atoms with Crippen LogP contribution in [-0.2, 0) is 10.8 Å². The maximum atomic E-state index is 6.53. The lowest BCUT2D eigenvalue weighted by Gasteiger charge is -2.35. The molecule has 0 N–H and O–H groups in total. The molecule has 0 saturated carbocycles. The van der Waals surface area contributed by atoms with Crippen LogP contribution in [0.2, 0.25) is 19.6 Å². The van der Waals surface area contributed by atoms with Crippen molar-refractivity contribution in [1.29, 1.82) is 0 Å². The first kappa shape index (κ1) is 38.5. The van der Waals surface area contributed by atoms with E-state index in [-0.39, 0.29) is 5.41 Å². The van der Waals surface area contributed by atoms with Crippen LogP contribution in [0.25, 0.3) is 55.3 Å². The third kappa shape index (κ3) is 5.57. The zero-order valence-corrected chi connectivity index (χ0v) is 38.0. The first-order chi connectivity index (χ1) is 31.1. The molecule has 1 atom stereocenters. The number of anilines is 3. The van der Waals surface area contributed by atoms with Crippen molar-refractivity contribution in [2.45, 2.75) is 44.3 Å². The summed E-state index contributed by atoms with van der Waals surface area (Å²) in [6, 6.07) is 77.0. The molecule has 0 saturated heterocycles. The van der Waals surface area contributed by atoms with Crippen LogP contribution < -0.4 is 10.1 Å². The normalized spacial score (nSPS) is 15.8. The van der Waals surface area contributed by atoms with E-state index in [9.17, 15) is 0 Å². The van der Waals surface area contributed by atoms with Crippen LogP contribution in [0.1, 0.15) is 47.2 Å². The number of hydrogen-bond acceptors (Lipinski definition) is 2. The Bertz CT molecular complexity index is 3440. The molecule has 10 aromatic rings. The Morgan fingerprint density at radius 2 is 1.03 bits per heavy atom. The molecular weight excluding hydrogens is 791 g/mol. The van der Waals surface area contributed by atoms with Gasteiger partial charge in [-0.1, -0.05) is 209 Å². The van der Waals surface area contributed by atoms with Crippen molar-refractivity contribution in [3.63, 3.8) is 0 Å². The topological polar surface area (TPSA) is 16.4 Å². The maximum absolute atomic E-state index is 6.53. The van der Waals surface area contributed by atoms with Gasteiger partial charge in [-0.05, 0) is 92.0 Å². The van der Waals surface area contributed by atoms with E-state index in [2.05, 4.69) is 239 Å². The summed E-state index contributed by atoms with van der Waals surface area (Å²) in [6.45, 7) is 12.0. The third-order valence-corrected chi connectivity index (χ3v) is 16.4. The summed E-state index contributed by atoms with van der Waals surface area (Å²) >= 11 is 0. The van der Waals surface area contributed by atoms with Crippen molar-refractivity contribution >= 4 is 52.3 Å². The fourth-order valence-electron chi connectivity index (χ4n) is 11.2. The lowest BCUT2D eigenvalue weighted by molar-refractivity contribution is 0.660. The molecule has 0 spiro atoms. The van der Waals surface area contributed by atoms with Gasteiger partial charge >= 0.3 is 0 Å². The number of hydrogen-bond donors (Lipinski definition) is 0. The van der Waals surface area contributed by atoms with Crippen LogP contribution in [-0.4, -0.2) is 8.07 Å². The van der Waals surface area contributed by atoms with Crippen molar-refractivity contribution < 1.29 is 4.42 Å². The average Bonchev–Trinajstić information content (AvgIpc) is 3.94. The number of furan rings is 1. The van der Waals surface area contributed by atoms with Crippen LogP contribution in [0, 0.1) is 0 Å². The molecule has 3 heteroatoms. The first-order valence-electron chi connectivity index (χ1n) is 22.6. The van der Waals surface area contributed by atoms with Crippen LogP contribution in [0.4, 0.5) is 17.1 Å². The Morgan fingerprint density at radius 3 is 1.81 bits per heavy atom. The quantitative estimate of drug-likeness (QED) is 0.149. The van der Waals surface area contributed by atoms with Gasteiger partial charge in [-0.2, -0.15) is 0 Å². The molecule has 0 aliphatic heterocycles. The van der Waals surface area contributed by atoms with Crippen molar-refractivity contribution in [2.24, 2.45) is 0 Å². The highest BCUT2D eigenvalue weighted by Crippen LogP contribution is 2.60. The lowest BCUT2D eigenvalue weighted by Crippen LogP contribution is -2.38. The average molecular weight is 840 g/mol. The van der Waals surface area contributed by atoms with Gasteiger partial charge in [0.25, 0.3) is 0 Å². The van der Waals surface area contributed by atoms with Crippen molar-refractivity contribution in [3.8, 4) is 33.4 Å². The molecule has 1 unspecified atom stereocenters. The van der Waals surface area contributed by atoms with Crippen LogP contribution >= 0.6 is 0 Å². The van der Waals surface area contributed by atoms with Crippen molar-refractivity contribution in [1.82, 2.24) is 0 Å². The van der Waals surface area contributed by atoms with Gasteiger partial charge in [-0.3, -0.25) is 0 Å². The summed E-state index contributed by atoms with van der Waals surface area (Å²) in [5.41, 5.74) is 19.8. The smallest absolute Gasteiger partial charge is 0.143 e.